The van der Waals surface area contributed by atoms with Crippen LogP contribution in [0.1, 0.15) is 37.8 Å². The van der Waals surface area contributed by atoms with Gasteiger partial charge in [0, 0.05) is 32.6 Å². The fourth-order valence-corrected chi connectivity index (χ4v) is 5.52. The molecule has 0 saturated heterocycles. The van der Waals surface area contributed by atoms with Crippen molar-refractivity contribution in [2.75, 3.05) is 0 Å². The highest BCUT2D eigenvalue weighted by Crippen LogP contribution is 2.51. The SMILES string of the molecule is CC1(C)C2=C(C=CCC2)c2cc3c(cc21)[nH]c1cc(Cl)c2ccccc2c13. The maximum absolute atomic E-state index is 6.56. The topological polar surface area (TPSA) is 15.8 Å². The predicted octanol–water partition coefficient (Wildman–Crippen LogP) is 7.52. The van der Waals surface area contributed by atoms with E-state index in [9.17, 15) is 0 Å². The normalized spacial score (nSPS) is 17.9. The standard InChI is InChI=1S/C25H20ClN/c1-25(2)19-10-6-5-7-14(19)17-11-18-22(12-20(17)25)27-23-13-21(26)15-8-3-4-9-16(15)24(18)23/h3-5,7-9,11-13,27H,6,10H2,1-2H3. The molecule has 3 aromatic carbocycles. The van der Waals surface area contributed by atoms with Gasteiger partial charge in [0.15, 0.2) is 0 Å². The van der Waals surface area contributed by atoms with Crippen molar-refractivity contribution in [2.24, 2.45) is 0 Å². The first-order valence-electron chi connectivity index (χ1n) is 9.63. The van der Waals surface area contributed by atoms with E-state index in [0.717, 1.165) is 22.3 Å². The number of aromatic amines is 1. The van der Waals surface area contributed by atoms with Crippen molar-refractivity contribution < 1.29 is 0 Å². The van der Waals surface area contributed by atoms with Crippen molar-refractivity contribution in [3.8, 4) is 0 Å². The van der Waals surface area contributed by atoms with E-state index >= 15 is 0 Å². The largest absolute Gasteiger partial charge is 0.354 e. The Hall–Kier alpha value is -2.51. The number of H-pyrrole nitrogens is 1. The highest BCUT2D eigenvalue weighted by Gasteiger charge is 2.37. The highest BCUT2D eigenvalue weighted by molar-refractivity contribution is 6.38. The lowest BCUT2D eigenvalue weighted by atomic mass is 9.78. The van der Waals surface area contributed by atoms with Crippen molar-refractivity contribution in [3.05, 3.63) is 76.3 Å². The molecule has 2 heteroatoms. The Kier molecular flexibility index (Phi) is 2.91. The van der Waals surface area contributed by atoms with Crippen molar-refractivity contribution >= 4 is 49.8 Å². The molecular weight excluding hydrogens is 350 g/mol. The van der Waals surface area contributed by atoms with Gasteiger partial charge in [-0.2, -0.15) is 0 Å². The first-order chi connectivity index (χ1) is 13.1. The molecule has 27 heavy (non-hydrogen) atoms. The Morgan fingerprint density at radius 3 is 2.63 bits per heavy atom. The molecule has 0 unspecified atom stereocenters. The first kappa shape index (κ1) is 15.5. The fourth-order valence-electron chi connectivity index (χ4n) is 5.24. The van der Waals surface area contributed by atoms with E-state index in [1.54, 1.807) is 5.57 Å². The van der Waals surface area contributed by atoms with Crippen LogP contribution in [0.25, 0.3) is 38.2 Å². The van der Waals surface area contributed by atoms with Gasteiger partial charge in [-0.3, -0.25) is 0 Å². The van der Waals surface area contributed by atoms with Gasteiger partial charge in [0.25, 0.3) is 0 Å². The maximum atomic E-state index is 6.56. The van der Waals surface area contributed by atoms with Crippen LogP contribution in [0.15, 0.2) is 60.2 Å². The predicted molar refractivity (Wildman–Crippen MR) is 117 cm³/mol. The van der Waals surface area contributed by atoms with E-state index < -0.39 is 0 Å². The lowest BCUT2D eigenvalue weighted by molar-refractivity contribution is 0.608. The quantitative estimate of drug-likeness (QED) is 0.330. The summed E-state index contributed by atoms with van der Waals surface area (Å²) < 4.78 is 0. The smallest absolute Gasteiger partial charge is 0.0505 e. The van der Waals surface area contributed by atoms with Gasteiger partial charge in [0.05, 0.1) is 5.02 Å². The zero-order chi connectivity index (χ0) is 18.3. The molecule has 1 aromatic heterocycles. The number of hydrogen-bond donors (Lipinski definition) is 1. The third kappa shape index (κ3) is 1.90. The van der Waals surface area contributed by atoms with Gasteiger partial charge in [-0.15, -0.1) is 0 Å². The van der Waals surface area contributed by atoms with Gasteiger partial charge < -0.3 is 4.98 Å². The van der Waals surface area contributed by atoms with E-state index in [0.29, 0.717) is 0 Å². The molecule has 0 saturated carbocycles. The second kappa shape index (κ2) is 5.05. The summed E-state index contributed by atoms with van der Waals surface area (Å²) in [7, 11) is 0. The lowest BCUT2D eigenvalue weighted by Gasteiger charge is -2.25. The molecule has 0 radical (unpaired) electrons. The molecule has 2 aliphatic carbocycles. The van der Waals surface area contributed by atoms with E-state index in [2.05, 4.69) is 73.4 Å². The Morgan fingerprint density at radius 1 is 0.963 bits per heavy atom. The molecule has 1 N–H and O–H groups in total. The summed E-state index contributed by atoms with van der Waals surface area (Å²) in [5.74, 6) is 0. The van der Waals surface area contributed by atoms with Gasteiger partial charge in [-0.1, -0.05) is 67.4 Å². The average molecular weight is 370 g/mol. The summed E-state index contributed by atoms with van der Waals surface area (Å²) in [6, 6.07) is 15.3. The monoisotopic (exact) mass is 369 g/mol. The third-order valence-electron chi connectivity index (χ3n) is 6.58. The molecule has 0 amide bonds. The molecule has 1 heterocycles. The molecule has 0 aliphatic heterocycles. The molecule has 0 atom stereocenters. The summed E-state index contributed by atoms with van der Waals surface area (Å²) in [6.07, 6.45) is 6.97. The molecular formula is C25H20ClN. The van der Waals surface area contributed by atoms with Gasteiger partial charge in [-0.05, 0) is 53.1 Å². The molecule has 4 aromatic rings. The number of nitrogens with one attached hydrogen (secondary N) is 1. The minimum absolute atomic E-state index is 0.0978. The maximum Gasteiger partial charge on any atom is 0.0505 e. The molecule has 0 fully saturated rings. The molecule has 0 bridgehead atoms. The molecule has 1 nitrogen and oxygen atoms in total. The zero-order valence-corrected chi connectivity index (χ0v) is 16.2. The van der Waals surface area contributed by atoms with Crippen LogP contribution in [-0.4, -0.2) is 4.98 Å². The van der Waals surface area contributed by atoms with Crippen molar-refractivity contribution in [1.29, 1.82) is 0 Å². The lowest BCUT2D eigenvalue weighted by Crippen LogP contribution is -2.17. The Balaban J connectivity index is 1.78. The van der Waals surface area contributed by atoms with Crippen LogP contribution in [0.4, 0.5) is 0 Å². The average Bonchev–Trinajstić information content (AvgIpc) is 3.14. The third-order valence-corrected chi connectivity index (χ3v) is 6.89. The summed E-state index contributed by atoms with van der Waals surface area (Å²) in [5, 5.41) is 5.71. The highest BCUT2D eigenvalue weighted by atomic mass is 35.5. The number of benzene rings is 3. The molecule has 2 aliphatic rings. The fraction of sp³-hybridized carbons (Fsp3) is 0.200. The van der Waals surface area contributed by atoms with Gasteiger partial charge >= 0.3 is 0 Å². The molecule has 0 spiro atoms. The summed E-state index contributed by atoms with van der Waals surface area (Å²) in [6.45, 7) is 4.74. The Bertz CT molecular complexity index is 1350. The molecule has 6 rings (SSSR count). The van der Waals surface area contributed by atoms with Crippen LogP contribution in [-0.2, 0) is 5.41 Å². The van der Waals surface area contributed by atoms with Gasteiger partial charge in [0.1, 0.15) is 0 Å². The number of halogens is 1. The van der Waals surface area contributed by atoms with E-state index in [1.165, 1.54) is 44.8 Å². The zero-order valence-electron chi connectivity index (χ0n) is 15.5. The Labute approximate surface area is 163 Å². The second-order valence-corrected chi connectivity index (χ2v) is 8.76. The van der Waals surface area contributed by atoms with Crippen LogP contribution >= 0.6 is 11.6 Å². The van der Waals surface area contributed by atoms with Gasteiger partial charge in [0.2, 0.25) is 0 Å². The number of rotatable bonds is 0. The minimum atomic E-state index is 0.0978. The van der Waals surface area contributed by atoms with Crippen LogP contribution in [0, 0.1) is 0 Å². The number of fused-ring (bicyclic) bond motifs is 7. The summed E-state index contributed by atoms with van der Waals surface area (Å²) >= 11 is 6.56. The molecule has 132 valence electrons. The van der Waals surface area contributed by atoms with Crippen molar-refractivity contribution in [1.82, 2.24) is 4.98 Å². The van der Waals surface area contributed by atoms with E-state index in [-0.39, 0.29) is 5.41 Å². The van der Waals surface area contributed by atoms with Crippen LogP contribution in [0.2, 0.25) is 5.02 Å². The number of hydrogen-bond acceptors (Lipinski definition) is 0. The number of aromatic nitrogens is 1. The van der Waals surface area contributed by atoms with E-state index in [1.807, 2.05) is 0 Å². The van der Waals surface area contributed by atoms with Gasteiger partial charge in [-0.25, -0.2) is 0 Å². The second-order valence-electron chi connectivity index (χ2n) is 8.35. The Morgan fingerprint density at radius 2 is 1.78 bits per heavy atom. The summed E-state index contributed by atoms with van der Waals surface area (Å²) in [4.78, 5) is 3.64. The minimum Gasteiger partial charge on any atom is -0.354 e. The van der Waals surface area contributed by atoms with Crippen LogP contribution in [0.5, 0.6) is 0 Å². The first-order valence-corrected chi connectivity index (χ1v) is 10.0. The van der Waals surface area contributed by atoms with Crippen LogP contribution < -0.4 is 0 Å². The van der Waals surface area contributed by atoms with E-state index in [4.69, 9.17) is 11.6 Å². The summed E-state index contributed by atoms with van der Waals surface area (Å²) in [5.41, 5.74) is 8.28. The van der Waals surface area contributed by atoms with Crippen molar-refractivity contribution in [3.63, 3.8) is 0 Å². The number of allylic oxidation sites excluding steroid dienone is 4. The van der Waals surface area contributed by atoms with Crippen molar-refractivity contribution in [2.45, 2.75) is 32.1 Å². The van der Waals surface area contributed by atoms with Crippen LogP contribution in [0.3, 0.4) is 0 Å².